The molecule has 0 radical (unpaired) electrons. The molecule has 1 nitrogen and oxygen atoms in total. The quantitative estimate of drug-likeness (QED) is 0.110. The summed E-state index contributed by atoms with van der Waals surface area (Å²) in [5.74, 6) is 0. The van der Waals surface area contributed by atoms with E-state index in [4.69, 9.17) is 0 Å². The van der Waals surface area contributed by atoms with Crippen molar-refractivity contribution in [3.05, 3.63) is 0 Å². The molecule has 0 N–H and O–H groups in total. The van der Waals surface area contributed by atoms with Gasteiger partial charge in [0.25, 0.3) is 5.02 Å². The third-order valence-electron chi connectivity index (χ3n) is 8.71. The second-order valence-electron chi connectivity index (χ2n) is 11.7. The van der Waals surface area contributed by atoms with E-state index >= 15 is 0 Å². The Kier molecular flexibility index (Phi) is 20.2. The zero-order chi connectivity index (χ0) is 24.7. The second-order valence-corrected chi connectivity index (χ2v) is 21.1. The van der Waals surface area contributed by atoms with Crippen molar-refractivity contribution in [1.82, 2.24) is 0 Å². The van der Waals surface area contributed by atoms with Crippen molar-refractivity contribution in [1.29, 1.82) is 0 Å². The predicted molar refractivity (Wildman–Crippen MR) is 159 cm³/mol. The molecule has 33 heavy (non-hydrogen) atoms. The van der Waals surface area contributed by atoms with Crippen molar-refractivity contribution in [3.63, 3.8) is 0 Å². The molecule has 0 aliphatic heterocycles. The first-order valence-electron chi connectivity index (χ1n) is 14.7. The molecule has 202 valence electrons. The minimum atomic E-state index is -1.11. The van der Waals surface area contributed by atoms with Crippen molar-refractivity contribution in [2.45, 2.75) is 131 Å². The fraction of sp³-hybridized carbons (Fsp3) is 1.00. The molecular formula is C29H66ClNP2+2. The maximum Gasteiger partial charge on any atom is 0.283 e. The van der Waals surface area contributed by atoms with Gasteiger partial charge in [0.2, 0.25) is 0 Å². The maximum atomic E-state index is 2.90. The van der Waals surface area contributed by atoms with E-state index in [1.54, 1.807) is 37.0 Å². The summed E-state index contributed by atoms with van der Waals surface area (Å²) in [4.78, 5) is 0. The SMILES string of the molecule is CCCC[P+](CCCC)(CCCC)C(C)([N+](C)(C)C)[P+](CCCC)(CCCC)CCCC.[Cl-]. The summed E-state index contributed by atoms with van der Waals surface area (Å²) in [6, 6.07) is 0. The van der Waals surface area contributed by atoms with Gasteiger partial charge in [-0.1, -0.05) is 80.1 Å². The highest BCUT2D eigenvalue weighted by atomic mass is 35.5. The third kappa shape index (κ3) is 9.49. The Labute approximate surface area is 219 Å². The molecular weight excluding hydrogens is 460 g/mol. The molecule has 0 rings (SSSR count). The number of rotatable bonds is 21. The number of quaternary nitrogens is 1. The Hall–Kier alpha value is 1.11. The topological polar surface area (TPSA) is 0 Å². The van der Waals surface area contributed by atoms with Crippen molar-refractivity contribution < 1.29 is 16.9 Å². The lowest BCUT2D eigenvalue weighted by molar-refractivity contribution is -0.891. The maximum absolute atomic E-state index is 2.90. The molecule has 0 spiro atoms. The van der Waals surface area contributed by atoms with Gasteiger partial charge >= 0.3 is 0 Å². The van der Waals surface area contributed by atoms with Crippen LogP contribution in [0, 0.1) is 0 Å². The van der Waals surface area contributed by atoms with Crippen LogP contribution in [-0.4, -0.2) is 67.6 Å². The van der Waals surface area contributed by atoms with Crippen molar-refractivity contribution in [3.8, 4) is 0 Å². The van der Waals surface area contributed by atoms with E-state index in [-0.39, 0.29) is 12.4 Å². The van der Waals surface area contributed by atoms with Crippen LogP contribution in [0.15, 0.2) is 0 Å². The van der Waals surface area contributed by atoms with Crippen LogP contribution >= 0.6 is 14.5 Å². The lowest BCUT2D eigenvalue weighted by Crippen LogP contribution is -3.00. The lowest BCUT2D eigenvalue weighted by Gasteiger charge is -2.55. The van der Waals surface area contributed by atoms with Crippen LogP contribution in [0.5, 0.6) is 0 Å². The molecule has 0 saturated carbocycles. The summed E-state index contributed by atoms with van der Waals surface area (Å²) in [6.45, 7) is 17.5. The van der Waals surface area contributed by atoms with Gasteiger partial charge in [-0.3, -0.25) is 4.48 Å². The highest BCUT2D eigenvalue weighted by Crippen LogP contribution is 2.89. The Morgan fingerprint density at radius 1 is 0.455 bits per heavy atom. The van der Waals surface area contributed by atoms with Crippen LogP contribution in [0.25, 0.3) is 0 Å². The van der Waals surface area contributed by atoms with Crippen LogP contribution in [0.3, 0.4) is 0 Å². The van der Waals surface area contributed by atoms with Crippen LogP contribution < -0.4 is 12.4 Å². The molecule has 0 aromatic heterocycles. The first kappa shape index (κ1) is 36.3. The number of halogens is 1. The summed E-state index contributed by atoms with van der Waals surface area (Å²) in [5.41, 5.74) is 0. The fourth-order valence-corrected chi connectivity index (χ4v) is 23.8. The van der Waals surface area contributed by atoms with Crippen LogP contribution in [0.1, 0.15) is 126 Å². The number of hydrogen-bond donors (Lipinski definition) is 0. The fourth-order valence-electron chi connectivity index (χ4n) is 6.43. The first-order chi connectivity index (χ1) is 15.1. The Balaban J connectivity index is 0. The second kappa shape index (κ2) is 18.4. The largest absolute Gasteiger partial charge is 1.00 e. The van der Waals surface area contributed by atoms with Gasteiger partial charge in [-0.25, -0.2) is 0 Å². The minimum Gasteiger partial charge on any atom is -1.00 e. The normalized spacial score (nSPS) is 13.3. The van der Waals surface area contributed by atoms with Gasteiger partial charge in [-0.15, -0.1) is 0 Å². The van der Waals surface area contributed by atoms with Gasteiger partial charge in [-0.05, 0) is 38.5 Å². The predicted octanol–water partition coefficient (Wildman–Crippen LogP) is 7.21. The number of hydrogen-bond acceptors (Lipinski definition) is 0. The average molecular weight is 526 g/mol. The molecule has 0 aromatic carbocycles. The van der Waals surface area contributed by atoms with Crippen molar-refractivity contribution in [2.24, 2.45) is 0 Å². The number of unbranched alkanes of at least 4 members (excludes halogenated alkanes) is 6. The van der Waals surface area contributed by atoms with Gasteiger partial charge in [-0.2, -0.15) is 0 Å². The lowest BCUT2D eigenvalue weighted by atomic mass is 10.4. The summed E-state index contributed by atoms with van der Waals surface area (Å²) < 4.78 is 1.23. The van der Waals surface area contributed by atoms with E-state index in [1.807, 2.05) is 0 Å². The van der Waals surface area contributed by atoms with Gasteiger partial charge in [0.1, 0.15) is 14.5 Å². The third-order valence-corrected chi connectivity index (χ3v) is 23.1. The van der Waals surface area contributed by atoms with Gasteiger partial charge in [0, 0.05) is 0 Å². The molecule has 4 heteroatoms. The zero-order valence-electron chi connectivity index (χ0n) is 24.9. The van der Waals surface area contributed by atoms with Crippen LogP contribution in [0.2, 0.25) is 0 Å². The summed E-state index contributed by atoms with van der Waals surface area (Å²) in [6.07, 6.45) is 26.4. The van der Waals surface area contributed by atoms with Gasteiger partial charge in [0.15, 0.2) is 0 Å². The molecule has 0 aliphatic carbocycles. The van der Waals surface area contributed by atoms with E-state index in [0.29, 0.717) is 5.02 Å². The summed E-state index contributed by atoms with van der Waals surface area (Å²) >= 11 is 0. The van der Waals surface area contributed by atoms with Gasteiger partial charge in [0.05, 0.1) is 65.0 Å². The van der Waals surface area contributed by atoms with Gasteiger partial charge < -0.3 is 12.4 Å². The molecule has 0 saturated heterocycles. The first-order valence-corrected chi connectivity index (χ1v) is 19.3. The summed E-state index contributed by atoms with van der Waals surface area (Å²) in [7, 11) is 5.65. The molecule has 0 heterocycles. The van der Waals surface area contributed by atoms with E-state index in [2.05, 4.69) is 69.6 Å². The van der Waals surface area contributed by atoms with Crippen molar-refractivity contribution >= 4 is 14.5 Å². The number of nitrogens with zero attached hydrogens (tertiary/aromatic N) is 1. The monoisotopic (exact) mass is 525 g/mol. The van der Waals surface area contributed by atoms with E-state index in [0.717, 1.165) is 0 Å². The average Bonchev–Trinajstić information content (AvgIpc) is 2.77. The molecule has 0 fully saturated rings. The zero-order valence-corrected chi connectivity index (χ0v) is 27.5. The highest BCUT2D eigenvalue weighted by Gasteiger charge is 2.75. The molecule has 0 unspecified atom stereocenters. The molecule has 0 bridgehead atoms. The van der Waals surface area contributed by atoms with Crippen LogP contribution in [0.4, 0.5) is 0 Å². The van der Waals surface area contributed by atoms with Crippen molar-refractivity contribution in [2.75, 3.05) is 58.1 Å². The standard InChI is InChI=1S/C29H66NP2.ClH/c1-11-17-23-31(24-18-12-2,25-19-13-3)29(7,30(8,9)10)32(26-20-14-4,27-21-15-5)28-22-16-6;/h11-28H2,1-10H3;1H/q+3;/p-1. The Morgan fingerprint density at radius 3 is 0.758 bits per heavy atom. The summed E-state index contributed by atoms with van der Waals surface area (Å²) in [5, 5.41) is 0.527. The molecule has 0 amide bonds. The van der Waals surface area contributed by atoms with E-state index in [1.165, 1.54) is 81.5 Å². The smallest absolute Gasteiger partial charge is 0.283 e. The highest BCUT2D eigenvalue weighted by molar-refractivity contribution is 7.94. The van der Waals surface area contributed by atoms with E-state index < -0.39 is 14.5 Å². The molecule has 0 atom stereocenters. The minimum absolute atomic E-state index is 0. The Bertz CT molecular complexity index is 385. The van der Waals surface area contributed by atoms with Crippen LogP contribution in [-0.2, 0) is 0 Å². The Morgan fingerprint density at radius 2 is 0.636 bits per heavy atom. The van der Waals surface area contributed by atoms with E-state index in [9.17, 15) is 0 Å². The molecule has 0 aromatic rings. The molecule has 0 aliphatic rings.